The molecule has 1 saturated carbocycles. The standard InChI is InChI=1S/C19H19N3O2S/c1-11(2)22-15-8-5-12(17(23)21-13-6-7-13)10-16(15)25-18-14(19(22)24)4-3-9-20-18/h3-5,8-11,13H,6-7H2,1-2H3,(H,21,23). The second kappa shape index (κ2) is 6.19. The van der Waals surface area contributed by atoms with E-state index in [0.29, 0.717) is 22.2 Å². The number of rotatable bonds is 3. The van der Waals surface area contributed by atoms with Crippen molar-refractivity contribution >= 4 is 29.3 Å². The Bertz CT molecular complexity index is 861. The smallest absolute Gasteiger partial charge is 0.261 e. The van der Waals surface area contributed by atoms with Crippen LogP contribution in [-0.4, -0.2) is 28.9 Å². The van der Waals surface area contributed by atoms with E-state index in [-0.39, 0.29) is 17.9 Å². The van der Waals surface area contributed by atoms with Crippen LogP contribution in [0.1, 0.15) is 47.4 Å². The van der Waals surface area contributed by atoms with Crippen molar-refractivity contribution in [3.8, 4) is 0 Å². The van der Waals surface area contributed by atoms with Gasteiger partial charge in [-0.25, -0.2) is 4.98 Å². The van der Waals surface area contributed by atoms with Crippen LogP contribution in [0.25, 0.3) is 0 Å². The van der Waals surface area contributed by atoms with Crippen LogP contribution in [0.5, 0.6) is 0 Å². The Morgan fingerprint density at radius 1 is 1.32 bits per heavy atom. The first kappa shape index (κ1) is 16.1. The lowest BCUT2D eigenvalue weighted by Crippen LogP contribution is -2.37. The highest BCUT2D eigenvalue weighted by Gasteiger charge is 2.30. The molecular weight excluding hydrogens is 334 g/mol. The molecule has 0 saturated heterocycles. The number of fused-ring (bicyclic) bond motifs is 2. The number of hydrogen-bond donors (Lipinski definition) is 1. The fraction of sp³-hybridized carbons (Fsp3) is 0.316. The topological polar surface area (TPSA) is 62.3 Å². The third-order valence-corrected chi connectivity index (χ3v) is 5.40. The number of amides is 2. The van der Waals surface area contributed by atoms with Crippen LogP contribution in [0.15, 0.2) is 46.5 Å². The third-order valence-electron chi connectivity index (χ3n) is 4.34. The fourth-order valence-electron chi connectivity index (χ4n) is 2.92. The minimum Gasteiger partial charge on any atom is -0.349 e. The van der Waals surface area contributed by atoms with Crippen LogP contribution in [0, 0.1) is 0 Å². The summed E-state index contributed by atoms with van der Waals surface area (Å²) in [7, 11) is 0. The number of benzene rings is 1. The molecule has 0 unspecified atom stereocenters. The molecule has 2 aromatic rings. The molecule has 1 aromatic heterocycles. The largest absolute Gasteiger partial charge is 0.349 e. The van der Waals surface area contributed by atoms with Crippen molar-refractivity contribution in [2.45, 2.75) is 48.7 Å². The molecule has 0 radical (unpaired) electrons. The minimum absolute atomic E-state index is 0.00384. The van der Waals surface area contributed by atoms with Crippen molar-refractivity contribution in [2.24, 2.45) is 0 Å². The van der Waals surface area contributed by atoms with Crippen LogP contribution in [0.2, 0.25) is 0 Å². The summed E-state index contributed by atoms with van der Waals surface area (Å²) in [4.78, 5) is 32.4. The molecule has 0 bridgehead atoms. The first-order valence-corrected chi connectivity index (χ1v) is 9.27. The van der Waals surface area contributed by atoms with Gasteiger partial charge in [0.2, 0.25) is 0 Å². The van der Waals surface area contributed by atoms with E-state index in [9.17, 15) is 9.59 Å². The average molecular weight is 353 g/mol. The monoisotopic (exact) mass is 353 g/mol. The molecule has 0 spiro atoms. The lowest BCUT2D eigenvalue weighted by atomic mass is 10.1. The van der Waals surface area contributed by atoms with Gasteiger partial charge in [0.05, 0.1) is 11.3 Å². The van der Waals surface area contributed by atoms with Crippen LogP contribution >= 0.6 is 11.8 Å². The Kier molecular flexibility index (Phi) is 4.00. The van der Waals surface area contributed by atoms with Gasteiger partial charge in [-0.3, -0.25) is 9.59 Å². The van der Waals surface area contributed by atoms with E-state index in [4.69, 9.17) is 0 Å². The second-order valence-electron chi connectivity index (χ2n) is 6.66. The van der Waals surface area contributed by atoms with Gasteiger partial charge in [-0.05, 0) is 57.0 Å². The number of nitrogens with zero attached hydrogens (tertiary/aromatic N) is 2. The van der Waals surface area contributed by atoms with E-state index >= 15 is 0 Å². The fourth-order valence-corrected chi connectivity index (χ4v) is 3.97. The zero-order valence-corrected chi connectivity index (χ0v) is 15.0. The van der Waals surface area contributed by atoms with E-state index in [1.54, 1.807) is 29.3 Å². The Morgan fingerprint density at radius 3 is 2.84 bits per heavy atom. The molecule has 2 aliphatic rings. The number of nitrogens with one attached hydrogen (secondary N) is 1. The third kappa shape index (κ3) is 3.02. The summed E-state index contributed by atoms with van der Waals surface area (Å²) >= 11 is 1.44. The lowest BCUT2D eigenvalue weighted by Gasteiger charge is -2.27. The van der Waals surface area contributed by atoms with Crippen LogP contribution in [-0.2, 0) is 0 Å². The van der Waals surface area contributed by atoms with Crippen molar-refractivity contribution in [1.82, 2.24) is 10.3 Å². The van der Waals surface area contributed by atoms with Crippen LogP contribution in [0.3, 0.4) is 0 Å². The summed E-state index contributed by atoms with van der Waals surface area (Å²) in [5, 5.41) is 3.69. The van der Waals surface area contributed by atoms with Gasteiger partial charge < -0.3 is 10.2 Å². The number of pyridine rings is 1. The molecule has 4 rings (SSSR count). The average Bonchev–Trinajstić information content (AvgIpc) is 3.40. The number of carbonyl (C=O) groups is 2. The summed E-state index contributed by atoms with van der Waals surface area (Å²) in [6.45, 7) is 3.98. The maximum atomic E-state index is 13.0. The molecule has 6 heteroatoms. The van der Waals surface area contributed by atoms with E-state index in [2.05, 4.69) is 10.3 Å². The Hall–Kier alpha value is -2.34. The first-order valence-electron chi connectivity index (χ1n) is 8.46. The van der Waals surface area contributed by atoms with Crippen molar-refractivity contribution in [2.75, 3.05) is 4.90 Å². The van der Waals surface area contributed by atoms with Gasteiger partial charge in [0.25, 0.3) is 11.8 Å². The molecule has 2 amide bonds. The maximum Gasteiger partial charge on any atom is 0.261 e. The van der Waals surface area contributed by atoms with Gasteiger partial charge >= 0.3 is 0 Å². The highest BCUT2D eigenvalue weighted by Crippen LogP contribution is 2.41. The Morgan fingerprint density at radius 2 is 2.12 bits per heavy atom. The molecule has 0 atom stereocenters. The lowest BCUT2D eigenvalue weighted by molar-refractivity contribution is 0.0949. The molecule has 1 fully saturated rings. The Balaban J connectivity index is 1.79. The highest BCUT2D eigenvalue weighted by molar-refractivity contribution is 7.99. The van der Waals surface area contributed by atoms with E-state index < -0.39 is 0 Å². The number of anilines is 1. The highest BCUT2D eigenvalue weighted by atomic mass is 32.2. The van der Waals surface area contributed by atoms with Crippen LogP contribution < -0.4 is 10.2 Å². The van der Waals surface area contributed by atoms with E-state index in [1.807, 2.05) is 26.0 Å². The van der Waals surface area contributed by atoms with Crippen molar-refractivity contribution < 1.29 is 9.59 Å². The molecule has 2 heterocycles. The normalized spacial score (nSPS) is 16.3. The zero-order valence-electron chi connectivity index (χ0n) is 14.2. The van der Waals surface area contributed by atoms with Gasteiger partial charge in [0.1, 0.15) is 5.03 Å². The quantitative estimate of drug-likeness (QED) is 0.917. The Labute approximate surface area is 150 Å². The molecule has 1 aromatic carbocycles. The predicted molar refractivity (Wildman–Crippen MR) is 97.2 cm³/mol. The van der Waals surface area contributed by atoms with E-state index in [1.165, 1.54) is 11.8 Å². The molecule has 25 heavy (non-hydrogen) atoms. The second-order valence-corrected chi connectivity index (χ2v) is 7.69. The van der Waals surface area contributed by atoms with Gasteiger partial charge in [0.15, 0.2) is 0 Å². The SMILES string of the molecule is CC(C)N1C(=O)c2cccnc2Sc2cc(C(=O)NC3CC3)ccc21. The summed E-state index contributed by atoms with van der Waals surface area (Å²) in [5.41, 5.74) is 2.04. The van der Waals surface area contributed by atoms with Crippen molar-refractivity contribution in [3.63, 3.8) is 0 Å². The van der Waals surface area contributed by atoms with Crippen molar-refractivity contribution in [3.05, 3.63) is 47.7 Å². The molecule has 1 aliphatic heterocycles. The predicted octanol–water partition coefficient (Wildman–Crippen LogP) is 3.49. The number of aromatic nitrogens is 1. The molecule has 128 valence electrons. The van der Waals surface area contributed by atoms with E-state index in [0.717, 1.165) is 23.4 Å². The van der Waals surface area contributed by atoms with Gasteiger partial charge in [0, 0.05) is 28.7 Å². The first-order chi connectivity index (χ1) is 12.0. The molecule has 5 nitrogen and oxygen atoms in total. The van der Waals surface area contributed by atoms with Crippen molar-refractivity contribution in [1.29, 1.82) is 0 Å². The number of carbonyl (C=O) groups excluding carboxylic acids is 2. The van der Waals surface area contributed by atoms with Gasteiger partial charge in [-0.2, -0.15) is 0 Å². The summed E-state index contributed by atoms with van der Waals surface area (Å²) < 4.78 is 0. The zero-order chi connectivity index (χ0) is 17.6. The summed E-state index contributed by atoms with van der Waals surface area (Å²) in [6.07, 6.45) is 3.80. The summed E-state index contributed by atoms with van der Waals surface area (Å²) in [6, 6.07) is 9.43. The maximum absolute atomic E-state index is 13.0. The minimum atomic E-state index is -0.0567. The summed E-state index contributed by atoms with van der Waals surface area (Å²) in [5.74, 6) is -0.113. The van der Waals surface area contributed by atoms with Crippen LogP contribution in [0.4, 0.5) is 5.69 Å². The molecule has 1 N–H and O–H groups in total. The molecule has 1 aliphatic carbocycles. The molecular formula is C19H19N3O2S. The number of hydrogen-bond acceptors (Lipinski definition) is 4. The van der Waals surface area contributed by atoms with Gasteiger partial charge in [-0.1, -0.05) is 11.8 Å². The van der Waals surface area contributed by atoms with Gasteiger partial charge in [-0.15, -0.1) is 0 Å².